The topological polar surface area (TPSA) is 215 Å². The fraction of sp³-hybridized carbons (Fsp3) is 0.419. The van der Waals surface area contributed by atoms with Crippen molar-refractivity contribution in [2.45, 2.75) is 64.7 Å². The lowest BCUT2D eigenvalue weighted by atomic mass is 10.0. The van der Waals surface area contributed by atoms with Gasteiger partial charge in [0, 0.05) is 30.8 Å². The van der Waals surface area contributed by atoms with Crippen LogP contribution in [-0.4, -0.2) is 122 Å². The third-order valence-electron chi connectivity index (χ3n) is 10.8. The quantitative estimate of drug-likeness (QED) is 0.133. The Kier molecular flexibility index (Phi) is 13.4. The van der Waals surface area contributed by atoms with E-state index in [1.807, 2.05) is 76.2 Å². The third kappa shape index (κ3) is 9.71. The Bertz CT molecular complexity index is 2240. The summed E-state index contributed by atoms with van der Waals surface area (Å²) < 4.78 is 9.47. The third-order valence-corrected chi connectivity index (χ3v) is 10.8. The van der Waals surface area contributed by atoms with Crippen LogP contribution in [0.1, 0.15) is 75.4 Å². The molecule has 17 heteroatoms. The van der Waals surface area contributed by atoms with E-state index in [0.717, 1.165) is 40.8 Å². The summed E-state index contributed by atoms with van der Waals surface area (Å²) in [5.74, 6) is 6.63. The van der Waals surface area contributed by atoms with Gasteiger partial charge >= 0.3 is 18.3 Å². The van der Waals surface area contributed by atoms with Crippen molar-refractivity contribution in [2.75, 3.05) is 40.4 Å². The van der Waals surface area contributed by atoms with Gasteiger partial charge in [0.2, 0.25) is 11.8 Å². The second-order valence-electron chi connectivity index (χ2n) is 15.4. The van der Waals surface area contributed by atoms with Crippen LogP contribution < -0.4 is 10.6 Å². The van der Waals surface area contributed by atoms with Gasteiger partial charge in [-0.05, 0) is 60.1 Å². The van der Waals surface area contributed by atoms with Crippen LogP contribution in [0.5, 0.6) is 0 Å². The van der Waals surface area contributed by atoms with Gasteiger partial charge in [0.05, 0.1) is 50.6 Å². The van der Waals surface area contributed by atoms with Gasteiger partial charge in [-0.15, -0.1) is 0 Å². The number of nitrogens with one attached hydrogen (secondary N) is 4. The van der Waals surface area contributed by atoms with Crippen molar-refractivity contribution in [3.8, 4) is 34.4 Å². The molecule has 5 amide bonds. The summed E-state index contributed by atoms with van der Waals surface area (Å²) in [4.78, 5) is 83.6. The van der Waals surface area contributed by atoms with E-state index in [4.69, 9.17) is 9.47 Å². The standard InChI is InChI=1S/C43H51N9O8/c1-25(2)35(48-41(55)59-5)39(53)51-19-7-8-33(51)37-44-22-31(46-37)29-15-11-27(12-16-29)9-10-28-13-17-30(18-14-28)32-23-45-38(47-32)34-24-50(43(57)58)20-21-52(34)40(54)36(26(3)4)49-42(56)60-6/h11-18,22-23,25-26,33-36H,7-8,19-21,24H2,1-6H3,(H,44,46)(H,45,47)(H,48,55)(H,49,56)(H,57,58)/t33-,34-,35-,36-/m0/s1. The van der Waals surface area contributed by atoms with Crippen molar-refractivity contribution in [3.05, 3.63) is 83.7 Å². The number of H-pyrrole nitrogens is 2. The van der Waals surface area contributed by atoms with Crippen LogP contribution in [0.25, 0.3) is 22.5 Å². The number of alkyl carbamates (subject to hydrolysis) is 2. The van der Waals surface area contributed by atoms with Gasteiger partial charge in [0.25, 0.3) is 0 Å². The molecule has 2 aliphatic rings. The van der Waals surface area contributed by atoms with E-state index in [-0.39, 0.29) is 49.3 Å². The SMILES string of the molecule is COC(=O)N[C@H](C(=O)N1CCC[C@H]1c1ncc(-c2ccc(C#Cc3ccc(-c4cnc([C@@H]5CN(C(=O)O)CCN5C(=O)[C@@H](NC(=O)OC)C(C)C)[nH]4)cc3)cc2)[nH]1)C(C)C. The van der Waals surface area contributed by atoms with Crippen molar-refractivity contribution in [3.63, 3.8) is 0 Å². The number of nitrogens with zero attached hydrogens (tertiary/aromatic N) is 5. The normalized spacial score (nSPS) is 17.4. The Hall–Kier alpha value is -6.83. The highest BCUT2D eigenvalue weighted by Gasteiger charge is 2.40. The summed E-state index contributed by atoms with van der Waals surface area (Å²) in [6.07, 6.45) is 2.52. The predicted molar refractivity (Wildman–Crippen MR) is 220 cm³/mol. The van der Waals surface area contributed by atoms with Gasteiger partial charge in [-0.3, -0.25) is 9.59 Å². The first-order valence-corrected chi connectivity index (χ1v) is 19.9. The Morgan fingerprint density at radius 2 is 1.15 bits per heavy atom. The van der Waals surface area contributed by atoms with E-state index in [0.29, 0.717) is 23.9 Å². The molecular weight excluding hydrogens is 771 g/mol. The number of likely N-dealkylation sites (tertiary alicyclic amines) is 1. The number of rotatable bonds is 10. The molecule has 4 aromatic rings. The van der Waals surface area contributed by atoms with Crippen LogP contribution in [0.3, 0.4) is 0 Å². The summed E-state index contributed by atoms with van der Waals surface area (Å²) in [5.41, 5.74) is 4.83. The predicted octanol–water partition coefficient (Wildman–Crippen LogP) is 5.15. The fourth-order valence-electron chi connectivity index (χ4n) is 7.44. The lowest BCUT2D eigenvalue weighted by Gasteiger charge is -2.41. The van der Waals surface area contributed by atoms with Gasteiger partial charge in [-0.1, -0.05) is 63.8 Å². The average molecular weight is 822 g/mol. The summed E-state index contributed by atoms with van der Waals surface area (Å²) in [7, 11) is 2.50. The van der Waals surface area contributed by atoms with E-state index in [1.54, 1.807) is 22.2 Å². The van der Waals surface area contributed by atoms with Crippen molar-refractivity contribution >= 4 is 30.1 Å². The second kappa shape index (κ2) is 18.8. The highest BCUT2D eigenvalue weighted by atomic mass is 16.5. The minimum atomic E-state index is -1.10. The number of piperazine rings is 1. The first kappa shape index (κ1) is 42.8. The molecule has 4 atom stereocenters. The molecule has 0 aliphatic carbocycles. The maximum Gasteiger partial charge on any atom is 0.407 e. The summed E-state index contributed by atoms with van der Waals surface area (Å²) in [6, 6.07) is 12.8. The van der Waals surface area contributed by atoms with E-state index in [9.17, 15) is 29.1 Å². The van der Waals surface area contributed by atoms with Crippen LogP contribution in [0, 0.1) is 23.7 Å². The number of aromatic amines is 2. The summed E-state index contributed by atoms with van der Waals surface area (Å²) in [5, 5.41) is 15.0. The smallest absolute Gasteiger partial charge is 0.407 e. The molecule has 2 aromatic carbocycles. The molecule has 0 radical (unpaired) electrons. The number of ether oxygens (including phenoxy) is 2. The fourth-order valence-corrected chi connectivity index (χ4v) is 7.44. The number of methoxy groups -OCH3 is 2. The molecule has 0 saturated carbocycles. The number of carboxylic acid groups (broad SMARTS) is 1. The Morgan fingerprint density at radius 1 is 0.700 bits per heavy atom. The van der Waals surface area contributed by atoms with Crippen molar-refractivity contribution in [1.82, 2.24) is 45.3 Å². The number of hydrogen-bond donors (Lipinski definition) is 5. The lowest BCUT2D eigenvalue weighted by molar-refractivity contribution is -0.139. The second-order valence-corrected chi connectivity index (χ2v) is 15.4. The van der Waals surface area contributed by atoms with Gasteiger partial charge in [0.15, 0.2) is 0 Å². The minimum absolute atomic E-state index is 0.00868. The maximum absolute atomic E-state index is 13.8. The molecule has 2 aliphatic heterocycles. The van der Waals surface area contributed by atoms with Crippen LogP contribution in [0.4, 0.5) is 14.4 Å². The zero-order valence-electron chi connectivity index (χ0n) is 34.5. The molecule has 316 valence electrons. The number of imidazole rings is 2. The Morgan fingerprint density at radius 3 is 1.58 bits per heavy atom. The maximum atomic E-state index is 13.8. The van der Waals surface area contributed by atoms with E-state index >= 15 is 0 Å². The molecule has 2 fully saturated rings. The van der Waals surface area contributed by atoms with E-state index in [2.05, 4.69) is 42.4 Å². The van der Waals surface area contributed by atoms with E-state index < -0.39 is 36.4 Å². The first-order chi connectivity index (χ1) is 28.8. The van der Waals surface area contributed by atoms with Crippen LogP contribution >= 0.6 is 0 Å². The van der Waals surface area contributed by atoms with Crippen molar-refractivity contribution in [1.29, 1.82) is 0 Å². The molecule has 0 bridgehead atoms. The highest BCUT2D eigenvalue weighted by Crippen LogP contribution is 2.33. The molecule has 2 saturated heterocycles. The minimum Gasteiger partial charge on any atom is -0.465 e. The molecule has 17 nitrogen and oxygen atoms in total. The molecule has 60 heavy (non-hydrogen) atoms. The molecule has 4 heterocycles. The molecule has 0 spiro atoms. The molecular formula is C43H51N9O8. The Labute approximate surface area is 348 Å². The number of carbonyl (C=O) groups excluding carboxylic acids is 4. The zero-order chi connectivity index (χ0) is 43.1. The Balaban J connectivity index is 1.11. The highest BCUT2D eigenvalue weighted by molar-refractivity contribution is 5.87. The van der Waals surface area contributed by atoms with Crippen molar-refractivity contribution in [2.24, 2.45) is 11.8 Å². The summed E-state index contributed by atoms with van der Waals surface area (Å²) in [6.45, 7) is 8.21. The van der Waals surface area contributed by atoms with Gasteiger partial charge in [-0.25, -0.2) is 24.4 Å². The first-order valence-electron chi connectivity index (χ1n) is 19.9. The monoisotopic (exact) mass is 821 g/mol. The number of hydrogen-bond acceptors (Lipinski definition) is 9. The largest absolute Gasteiger partial charge is 0.465 e. The van der Waals surface area contributed by atoms with Gasteiger partial charge in [0.1, 0.15) is 29.8 Å². The van der Waals surface area contributed by atoms with Gasteiger partial charge < -0.3 is 49.9 Å². The zero-order valence-corrected chi connectivity index (χ0v) is 34.5. The van der Waals surface area contributed by atoms with Gasteiger partial charge in [-0.2, -0.15) is 0 Å². The number of benzene rings is 2. The average Bonchev–Trinajstić information content (AvgIpc) is 4.05. The molecule has 0 unspecified atom stereocenters. The number of amides is 5. The molecule has 2 aromatic heterocycles. The summed E-state index contributed by atoms with van der Waals surface area (Å²) >= 11 is 0. The van der Waals surface area contributed by atoms with Crippen molar-refractivity contribution < 1.29 is 38.6 Å². The van der Waals surface area contributed by atoms with Crippen LogP contribution in [0.15, 0.2) is 60.9 Å². The number of carbonyl (C=O) groups is 5. The van der Waals surface area contributed by atoms with Crippen LogP contribution in [-0.2, 0) is 19.1 Å². The lowest BCUT2D eigenvalue weighted by Crippen LogP contribution is -2.58. The van der Waals surface area contributed by atoms with E-state index in [1.165, 1.54) is 19.1 Å². The molecule has 5 N–H and O–H groups in total. The van der Waals surface area contributed by atoms with Crippen LogP contribution in [0.2, 0.25) is 0 Å². The molecule has 6 rings (SSSR count). The number of aromatic nitrogens is 4.